The number of hydrogen-bond acceptors (Lipinski definition) is 5. The number of benzene rings is 3. The number of H-pyrrole nitrogens is 1. The van der Waals surface area contributed by atoms with Crippen LogP contribution in [-0.2, 0) is 11.2 Å². The molecule has 0 atom stereocenters. The Labute approximate surface area is 221 Å². The van der Waals surface area contributed by atoms with Crippen LogP contribution in [0, 0.1) is 0 Å². The molecule has 0 saturated carbocycles. The molecule has 0 unspecified atom stereocenters. The average Bonchev–Trinajstić information content (AvgIpc) is 3.36. The Bertz CT molecular complexity index is 1550. The van der Waals surface area contributed by atoms with E-state index >= 15 is 0 Å². The van der Waals surface area contributed by atoms with Crippen LogP contribution in [-0.4, -0.2) is 42.9 Å². The minimum absolute atomic E-state index is 0.475. The third-order valence-electron chi connectivity index (χ3n) is 7.00. The third kappa shape index (κ3) is 4.59. The molecule has 0 bridgehead atoms. The summed E-state index contributed by atoms with van der Waals surface area (Å²) in [5, 5.41) is 4.04. The molecule has 0 aliphatic carbocycles. The number of anilines is 2. The van der Waals surface area contributed by atoms with E-state index < -0.39 is 0 Å². The first kappa shape index (κ1) is 23.6. The van der Waals surface area contributed by atoms with Gasteiger partial charge >= 0.3 is 0 Å². The maximum atomic E-state index is 6.81. The quantitative estimate of drug-likeness (QED) is 0.244. The lowest BCUT2D eigenvalue weighted by Crippen LogP contribution is -2.37. The first-order chi connectivity index (χ1) is 18.2. The first-order valence-corrected chi connectivity index (χ1v) is 13.0. The van der Waals surface area contributed by atoms with E-state index in [4.69, 9.17) is 31.8 Å². The second kappa shape index (κ2) is 10.3. The van der Waals surface area contributed by atoms with Crippen molar-refractivity contribution in [1.82, 2.24) is 9.97 Å². The van der Waals surface area contributed by atoms with Gasteiger partial charge in [0.05, 0.1) is 42.2 Å². The van der Waals surface area contributed by atoms with Crippen LogP contribution in [0.2, 0.25) is 5.02 Å². The minimum Gasteiger partial charge on any atom is -0.493 e. The van der Waals surface area contributed by atoms with Gasteiger partial charge in [0.1, 0.15) is 11.6 Å². The standard InChI is InChI=1S/C30H29ClN4O2/c31-28-25(32)19-34-30(35-13-16-36-17-14-35)27(28)24-11-4-10-23-21(18-33-29(23)24)8-5-15-37-26-12-3-7-20-6-1-2-9-22(20)26/h1-4,6-7,9-12,18-19,33H,5,8,13-17,32H2. The van der Waals surface area contributed by atoms with Gasteiger partial charge in [0.2, 0.25) is 0 Å². The lowest BCUT2D eigenvalue weighted by Gasteiger charge is -2.30. The van der Waals surface area contributed by atoms with Crippen LogP contribution in [0.3, 0.4) is 0 Å². The minimum atomic E-state index is 0.475. The van der Waals surface area contributed by atoms with E-state index in [1.54, 1.807) is 6.20 Å². The van der Waals surface area contributed by atoms with Crippen molar-refractivity contribution in [3.05, 3.63) is 83.6 Å². The number of rotatable bonds is 7. The number of nitrogens with one attached hydrogen (secondary N) is 1. The van der Waals surface area contributed by atoms with Crippen molar-refractivity contribution in [2.24, 2.45) is 0 Å². The summed E-state index contributed by atoms with van der Waals surface area (Å²) in [6.45, 7) is 3.51. The molecule has 0 spiro atoms. The summed E-state index contributed by atoms with van der Waals surface area (Å²) in [5.74, 6) is 1.77. The Morgan fingerprint density at radius 1 is 1.00 bits per heavy atom. The molecule has 0 amide bonds. The summed E-state index contributed by atoms with van der Waals surface area (Å²) in [7, 11) is 0. The van der Waals surface area contributed by atoms with E-state index in [0.717, 1.165) is 59.5 Å². The van der Waals surface area contributed by atoms with Gasteiger partial charge in [0.25, 0.3) is 0 Å². The van der Waals surface area contributed by atoms with Crippen LogP contribution in [0.25, 0.3) is 32.8 Å². The molecule has 1 aliphatic heterocycles. The monoisotopic (exact) mass is 512 g/mol. The van der Waals surface area contributed by atoms with E-state index in [0.29, 0.717) is 30.5 Å². The van der Waals surface area contributed by atoms with Gasteiger partial charge in [0.15, 0.2) is 0 Å². The molecule has 1 aliphatic rings. The van der Waals surface area contributed by atoms with Crippen molar-refractivity contribution < 1.29 is 9.47 Å². The molecule has 5 aromatic rings. The van der Waals surface area contributed by atoms with Gasteiger partial charge in [-0.2, -0.15) is 0 Å². The fraction of sp³-hybridized carbons (Fsp3) is 0.233. The zero-order chi connectivity index (χ0) is 25.2. The van der Waals surface area contributed by atoms with Crippen molar-refractivity contribution in [1.29, 1.82) is 0 Å². The lowest BCUT2D eigenvalue weighted by atomic mass is 10.00. The van der Waals surface area contributed by atoms with E-state index in [9.17, 15) is 0 Å². The van der Waals surface area contributed by atoms with Crippen molar-refractivity contribution in [3.8, 4) is 16.9 Å². The second-order valence-corrected chi connectivity index (χ2v) is 9.67. The number of fused-ring (bicyclic) bond motifs is 2. The zero-order valence-corrected chi connectivity index (χ0v) is 21.3. The van der Waals surface area contributed by atoms with Gasteiger partial charge in [-0.1, -0.05) is 66.2 Å². The highest BCUT2D eigenvalue weighted by Crippen LogP contribution is 2.42. The van der Waals surface area contributed by atoms with Crippen molar-refractivity contribution in [2.75, 3.05) is 43.5 Å². The number of aryl methyl sites for hydroxylation is 1. The summed E-state index contributed by atoms with van der Waals surface area (Å²) in [5.41, 5.74) is 10.8. The van der Waals surface area contributed by atoms with Crippen molar-refractivity contribution >= 4 is 44.8 Å². The molecule has 188 valence electrons. The molecular weight excluding hydrogens is 484 g/mol. The lowest BCUT2D eigenvalue weighted by molar-refractivity contribution is 0.122. The van der Waals surface area contributed by atoms with Crippen LogP contribution in [0.1, 0.15) is 12.0 Å². The number of pyridine rings is 1. The number of nitrogen functional groups attached to an aromatic ring is 1. The number of morpholine rings is 1. The Balaban J connectivity index is 1.25. The molecule has 7 heteroatoms. The van der Waals surface area contributed by atoms with Gasteiger partial charge in [-0.3, -0.25) is 0 Å². The van der Waals surface area contributed by atoms with Crippen LogP contribution < -0.4 is 15.4 Å². The number of nitrogens with two attached hydrogens (primary N) is 1. The smallest absolute Gasteiger partial charge is 0.138 e. The maximum Gasteiger partial charge on any atom is 0.138 e. The SMILES string of the molecule is Nc1cnc(N2CCOCC2)c(-c2cccc3c(CCCOc4cccc5ccccc45)c[nH]c23)c1Cl. The fourth-order valence-corrected chi connectivity index (χ4v) is 5.38. The molecule has 3 heterocycles. The van der Waals surface area contributed by atoms with E-state index in [2.05, 4.69) is 52.5 Å². The topological polar surface area (TPSA) is 76.4 Å². The largest absolute Gasteiger partial charge is 0.493 e. The molecule has 2 aromatic heterocycles. The van der Waals surface area contributed by atoms with E-state index in [1.165, 1.54) is 16.3 Å². The zero-order valence-electron chi connectivity index (χ0n) is 20.5. The Kier molecular flexibility index (Phi) is 6.60. The van der Waals surface area contributed by atoms with Crippen LogP contribution >= 0.6 is 11.6 Å². The number of aromatic amines is 1. The molecule has 3 N–H and O–H groups in total. The molecule has 37 heavy (non-hydrogen) atoms. The number of para-hydroxylation sites is 1. The van der Waals surface area contributed by atoms with E-state index in [1.807, 2.05) is 24.3 Å². The number of halogens is 1. The Morgan fingerprint density at radius 3 is 2.68 bits per heavy atom. The summed E-state index contributed by atoms with van der Waals surface area (Å²) in [6.07, 6.45) is 5.54. The van der Waals surface area contributed by atoms with Gasteiger partial charge in [-0.15, -0.1) is 0 Å². The molecule has 6 nitrogen and oxygen atoms in total. The molecule has 0 radical (unpaired) electrons. The molecule has 1 fully saturated rings. The number of aromatic nitrogens is 2. The highest BCUT2D eigenvalue weighted by Gasteiger charge is 2.23. The summed E-state index contributed by atoms with van der Waals surface area (Å²) in [4.78, 5) is 10.4. The fourth-order valence-electron chi connectivity index (χ4n) is 5.14. The first-order valence-electron chi connectivity index (χ1n) is 12.7. The highest BCUT2D eigenvalue weighted by molar-refractivity contribution is 6.36. The number of ether oxygens (including phenoxy) is 2. The molecular formula is C30H29ClN4O2. The Morgan fingerprint density at radius 2 is 1.78 bits per heavy atom. The number of nitrogens with zero attached hydrogens (tertiary/aromatic N) is 2. The average molecular weight is 513 g/mol. The van der Waals surface area contributed by atoms with Crippen LogP contribution in [0.5, 0.6) is 5.75 Å². The predicted octanol–water partition coefficient (Wildman–Crippen LogP) is 6.47. The maximum absolute atomic E-state index is 6.81. The molecule has 3 aromatic carbocycles. The second-order valence-electron chi connectivity index (χ2n) is 9.30. The summed E-state index contributed by atoms with van der Waals surface area (Å²) in [6, 6.07) is 20.8. The Hall–Kier alpha value is -3.74. The summed E-state index contributed by atoms with van der Waals surface area (Å²) < 4.78 is 11.7. The normalized spacial score (nSPS) is 13.9. The van der Waals surface area contributed by atoms with Crippen molar-refractivity contribution in [3.63, 3.8) is 0 Å². The van der Waals surface area contributed by atoms with Gasteiger partial charge < -0.3 is 25.1 Å². The van der Waals surface area contributed by atoms with Crippen LogP contribution in [0.4, 0.5) is 11.5 Å². The third-order valence-corrected chi connectivity index (χ3v) is 7.41. The summed E-state index contributed by atoms with van der Waals surface area (Å²) >= 11 is 6.81. The van der Waals surface area contributed by atoms with E-state index in [-0.39, 0.29) is 0 Å². The molecule has 6 rings (SSSR count). The van der Waals surface area contributed by atoms with Gasteiger partial charge in [-0.05, 0) is 29.9 Å². The molecule has 1 saturated heterocycles. The van der Waals surface area contributed by atoms with Gasteiger partial charge in [0, 0.05) is 41.2 Å². The van der Waals surface area contributed by atoms with Crippen molar-refractivity contribution in [2.45, 2.75) is 12.8 Å². The van der Waals surface area contributed by atoms with Crippen LogP contribution in [0.15, 0.2) is 73.1 Å². The predicted molar refractivity (Wildman–Crippen MR) is 152 cm³/mol. The van der Waals surface area contributed by atoms with Gasteiger partial charge in [-0.25, -0.2) is 4.98 Å². The number of hydrogen-bond donors (Lipinski definition) is 2. The highest BCUT2D eigenvalue weighted by atomic mass is 35.5.